The van der Waals surface area contributed by atoms with Gasteiger partial charge in [-0.25, -0.2) is 9.97 Å². The van der Waals surface area contributed by atoms with Gasteiger partial charge >= 0.3 is 0 Å². The smallest absolute Gasteiger partial charge is 0.156 e. The Bertz CT molecular complexity index is 765. The van der Waals surface area contributed by atoms with Crippen LogP contribution >= 0.6 is 23.1 Å². The molecular formula is C16H17N3S2. The van der Waals surface area contributed by atoms with Crippen LogP contribution in [0.2, 0.25) is 0 Å². The summed E-state index contributed by atoms with van der Waals surface area (Å²) in [4.78, 5) is 9.32. The van der Waals surface area contributed by atoms with Crippen LogP contribution in [0.1, 0.15) is 18.2 Å². The summed E-state index contributed by atoms with van der Waals surface area (Å²) < 4.78 is 1.03. The van der Waals surface area contributed by atoms with Crippen LogP contribution in [0.15, 0.2) is 45.1 Å². The maximum atomic E-state index is 5.98. The fraction of sp³-hybridized carbons (Fsp3) is 0.250. The summed E-state index contributed by atoms with van der Waals surface area (Å²) in [5.41, 5.74) is 9.25. The van der Waals surface area contributed by atoms with Gasteiger partial charge in [0, 0.05) is 22.5 Å². The Labute approximate surface area is 132 Å². The summed E-state index contributed by atoms with van der Waals surface area (Å²) >= 11 is 3.29. The molecular weight excluding hydrogens is 298 g/mol. The molecule has 0 aliphatic heterocycles. The number of hydrogen-bond acceptors (Lipinski definition) is 5. The number of fused-ring (bicyclic) bond motifs is 1. The van der Waals surface area contributed by atoms with Crippen LogP contribution < -0.4 is 5.73 Å². The van der Waals surface area contributed by atoms with Crippen molar-refractivity contribution in [3.8, 4) is 0 Å². The summed E-state index contributed by atoms with van der Waals surface area (Å²) in [6, 6.07) is 10.5. The van der Waals surface area contributed by atoms with E-state index in [0.717, 1.165) is 32.4 Å². The Kier molecular flexibility index (Phi) is 4.24. The average molecular weight is 315 g/mol. The molecule has 3 aromatic rings. The highest BCUT2D eigenvalue weighted by molar-refractivity contribution is 8.01. The first kappa shape index (κ1) is 14.5. The second kappa shape index (κ2) is 6.13. The third-order valence-corrected chi connectivity index (χ3v) is 5.19. The van der Waals surface area contributed by atoms with Crippen molar-refractivity contribution in [2.45, 2.75) is 35.7 Å². The Hall–Kier alpha value is -1.43. The molecule has 0 spiro atoms. The van der Waals surface area contributed by atoms with Crippen LogP contribution in [-0.4, -0.2) is 16.0 Å². The van der Waals surface area contributed by atoms with Crippen LogP contribution in [0.4, 0.5) is 0 Å². The van der Waals surface area contributed by atoms with Gasteiger partial charge in [-0.05, 0) is 49.7 Å². The highest BCUT2D eigenvalue weighted by Gasteiger charge is 2.12. The highest BCUT2D eigenvalue weighted by atomic mass is 32.2. The van der Waals surface area contributed by atoms with Crippen molar-refractivity contribution in [1.82, 2.24) is 9.97 Å². The van der Waals surface area contributed by atoms with E-state index in [1.54, 1.807) is 23.1 Å². The lowest BCUT2D eigenvalue weighted by Crippen LogP contribution is -2.18. The Morgan fingerprint density at radius 1 is 1.29 bits per heavy atom. The largest absolute Gasteiger partial charge is 0.328 e. The minimum atomic E-state index is 0.116. The fourth-order valence-corrected chi connectivity index (χ4v) is 4.05. The summed E-state index contributed by atoms with van der Waals surface area (Å²) in [7, 11) is 0. The van der Waals surface area contributed by atoms with E-state index in [1.807, 2.05) is 32.0 Å². The summed E-state index contributed by atoms with van der Waals surface area (Å²) in [6.07, 6.45) is 0.824. The van der Waals surface area contributed by atoms with Gasteiger partial charge in [0.05, 0.1) is 5.52 Å². The number of pyridine rings is 1. The van der Waals surface area contributed by atoms with Crippen molar-refractivity contribution in [3.63, 3.8) is 0 Å². The van der Waals surface area contributed by atoms with E-state index in [4.69, 9.17) is 10.7 Å². The Morgan fingerprint density at radius 2 is 2.10 bits per heavy atom. The van der Waals surface area contributed by atoms with Gasteiger partial charge in [0.15, 0.2) is 4.34 Å². The molecule has 0 saturated carbocycles. The topological polar surface area (TPSA) is 51.8 Å². The molecule has 0 saturated heterocycles. The van der Waals surface area contributed by atoms with Gasteiger partial charge in [-0.15, -0.1) is 11.3 Å². The molecule has 2 heterocycles. The molecule has 2 N–H and O–H groups in total. The minimum Gasteiger partial charge on any atom is -0.328 e. The maximum Gasteiger partial charge on any atom is 0.156 e. The molecule has 3 rings (SSSR count). The van der Waals surface area contributed by atoms with Crippen molar-refractivity contribution >= 4 is 34.0 Å². The number of nitrogens with two attached hydrogens (primary N) is 1. The van der Waals surface area contributed by atoms with E-state index in [1.165, 1.54) is 5.56 Å². The lowest BCUT2D eigenvalue weighted by atomic mass is 10.1. The molecule has 0 aliphatic carbocycles. The van der Waals surface area contributed by atoms with Gasteiger partial charge in [-0.2, -0.15) is 0 Å². The second-order valence-electron chi connectivity index (χ2n) is 5.18. The van der Waals surface area contributed by atoms with E-state index < -0.39 is 0 Å². The van der Waals surface area contributed by atoms with Crippen molar-refractivity contribution in [3.05, 3.63) is 47.0 Å². The molecule has 3 nitrogen and oxygen atoms in total. The summed E-state index contributed by atoms with van der Waals surface area (Å²) in [5.74, 6) is 0. The normalized spacial score (nSPS) is 12.7. The summed E-state index contributed by atoms with van der Waals surface area (Å²) in [6.45, 7) is 4.04. The van der Waals surface area contributed by atoms with E-state index >= 15 is 0 Å². The first-order valence-corrected chi connectivity index (χ1v) is 8.55. The van der Waals surface area contributed by atoms with Crippen LogP contribution in [0, 0.1) is 6.92 Å². The number of rotatable bonds is 4. The molecule has 2 aromatic heterocycles. The molecule has 0 bridgehead atoms. The number of nitrogens with zero attached hydrogens (tertiary/aromatic N) is 2. The minimum absolute atomic E-state index is 0.116. The highest BCUT2D eigenvalue weighted by Crippen LogP contribution is 2.33. The van der Waals surface area contributed by atoms with Crippen molar-refractivity contribution < 1.29 is 0 Å². The molecule has 0 radical (unpaired) electrons. The molecule has 1 atom stereocenters. The zero-order valence-electron chi connectivity index (χ0n) is 12.0. The van der Waals surface area contributed by atoms with Crippen LogP contribution in [0.25, 0.3) is 10.9 Å². The monoisotopic (exact) mass is 315 g/mol. The lowest BCUT2D eigenvalue weighted by Gasteiger charge is -2.11. The molecule has 1 aromatic carbocycles. The Morgan fingerprint density at radius 3 is 2.81 bits per heavy atom. The summed E-state index contributed by atoms with van der Waals surface area (Å²) in [5, 5.41) is 4.24. The predicted molar refractivity (Wildman–Crippen MR) is 90.1 cm³/mol. The maximum absolute atomic E-state index is 5.98. The van der Waals surface area contributed by atoms with Crippen molar-refractivity contribution in [1.29, 1.82) is 0 Å². The number of hydrogen-bond donors (Lipinski definition) is 1. The number of benzene rings is 1. The fourth-order valence-electron chi connectivity index (χ4n) is 2.19. The molecule has 108 valence electrons. The van der Waals surface area contributed by atoms with E-state index in [-0.39, 0.29) is 6.04 Å². The van der Waals surface area contributed by atoms with E-state index in [0.29, 0.717) is 0 Å². The van der Waals surface area contributed by atoms with Gasteiger partial charge in [-0.3, -0.25) is 0 Å². The second-order valence-corrected chi connectivity index (χ2v) is 7.28. The van der Waals surface area contributed by atoms with Gasteiger partial charge in [0.25, 0.3) is 0 Å². The number of aromatic nitrogens is 2. The lowest BCUT2D eigenvalue weighted by molar-refractivity contribution is 0.724. The molecule has 0 fully saturated rings. The number of thiazole rings is 1. The third-order valence-electron chi connectivity index (χ3n) is 3.09. The standard InChI is InChI=1S/C16H17N3S2/c1-10(17)7-13-8-12-5-3-4-6-14(12)19-15(13)21-16-18-11(2)9-20-16/h3-6,8-10H,7,17H2,1-2H3. The number of para-hydroxylation sites is 1. The SMILES string of the molecule is Cc1csc(Sc2nc3ccccc3cc2CC(C)N)n1. The third kappa shape index (κ3) is 3.43. The molecule has 0 aliphatic rings. The van der Waals surface area contributed by atoms with Gasteiger partial charge in [-0.1, -0.05) is 18.2 Å². The number of aryl methyl sites for hydroxylation is 1. The molecule has 0 amide bonds. The Balaban J connectivity index is 2.04. The predicted octanol–water partition coefficient (Wildman–Crippen LogP) is 4.04. The zero-order valence-corrected chi connectivity index (χ0v) is 13.7. The molecule has 21 heavy (non-hydrogen) atoms. The van der Waals surface area contributed by atoms with Crippen molar-refractivity contribution in [2.75, 3.05) is 0 Å². The molecule has 5 heteroatoms. The van der Waals surface area contributed by atoms with Gasteiger partial charge < -0.3 is 5.73 Å². The van der Waals surface area contributed by atoms with E-state index in [9.17, 15) is 0 Å². The first-order chi connectivity index (χ1) is 10.1. The van der Waals surface area contributed by atoms with Gasteiger partial charge in [0.2, 0.25) is 0 Å². The molecule has 1 unspecified atom stereocenters. The van der Waals surface area contributed by atoms with Gasteiger partial charge in [0.1, 0.15) is 5.03 Å². The van der Waals surface area contributed by atoms with Crippen molar-refractivity contribution in [2.24, 2.45) is 5.73 Å². The van der Waals surface area contributed by atoms with Crippen LogP contribution in [-0.2, 0) is 6.42 Å². The zero-order chi connectivity index (χ0) is 14.8. The first-order valence-electron chi connectivity index (χ1n) is 6.86. The van der Waals surface area contributed by atoms with E-state index in [2.05, 4.69) is 22.5 Å². The van der Waals surface area contributed by atoms with Crippen LogP contribution in [0.5, 0.6) is 0 Å². The average Bonchev–Trinajstić information content (AvgIpc) is 2.84. The quantitative estimate of drug-likeness (QED) is 0.789. The van der Waals surface area contributed by atoms with Crippen LogP contribution in [0.3, 0.4) is 0 Å².